The fourth-order valence-electron chi connectivity index (χ4n) is 5.43. The number of morpholine rings is 2. The van der Waals surface area contributed by atoms with E-state index in [-0.39, 0.29) is 37.2 Å². The number of aromatic nitrogens is 2. The molecule has 3 atom stereocenters. The van der Waals surface area contributed by atoms with Crippen molar-refractivity contribution in [2.75, 3.05) is 38.1 Å². The van der Waals surface area contributed by atoms with Crippen molar-refractivity contribution in [2.24, 2.45) is 0 Å². The number of nitrogens with one attached hydrogen (secondary N) is 2. The minimum absolute atomic E-state index is 0.00633. The molecule has 9 heteroatoms. The zero-order valence-corrected chi connectivity index (χ0v) is 21.6. The van der Waals surface area contributed by atoms with Gasteiger partial charge in [-0.05, 0) is 58.4 Å². The summed E-state index contributed by atoms with van der Waals surface area (Å²) in [5.74, 6) is -0.181. The SMILES string of the molecule is Cc1cc(NC(=O)C2COC(C)(C)CN2CC(=O)N2C[C@@H](C)O[C@@H](C)C2)c2[nH]c3cnccc3c2c1. The molecule has 2 aromatic heterocycles. The molecule has 2 aliphatic heterocycles. The Balaban J connectivity index is 1.39. The van der Waals surface area contributed by atoms with Crippen molar-refractivity contribution in [1.82, 2.24) is 19.8 Å². The average molecular weight is 494 g/mol. The Morgan fingerprint density at radius 1 is 1.19 bits per heavy atom. The molecule has 0 spiro atoms. The third-order valence-electron chi connectivity index (χ3n) is 6.98. The minimum Gasteiger partial charge on any atom is -0.372 e. The number of fused-ring (bicyclic) bond motifs is 3. The number of amides is 2. The van der Waals surface area contributed by atoms with Crippen molar-refractivity contribution in [1.29, 1.82) is 0 Å². The van der Waals surface area contributed by atoms with Crippen LogP contribution in [0.25, 0.3) is 21.8 Å². The maximum atomic E-state index is 13.6. The normalized spacial score (nSPS) is 24.8. The topological polar surface area (TPSA) is 99.8 Å². The number of hydrogen-bond donors (Lipinski definition) is 2. The Kier molecular flexibility index (Phi) is 6.48. The van der Waals surface area contributed by atoms with Gasteiger partial charge in [-0.15, -0.1) is 0 Å². The zero-order chi connectivity index (χ0) is 25.6. The lowest BCUT2D eigenvalue weighted by atomic mass is 10.0. The van der Waals surface area contributed by atoms with Crippen molar-refractivity contribution in [3.8, 4) is 0 Å². The van der Waals surface area contributed by atoms with E-state index in [1.165, 1.54) is 0 Å². The van der Waals surface area contributed by atoms with Crippen LogP contribution in [0.4, 0.5) is 5.69 Å². The van der Waals surface area contributed by atoms with E-state index in [1.54, 1.807) is 12.4 Å². The molecule has 192 valence electrons. The van der Waals surface area contributed by atoms with E-state index in [1.807, 2.05) is 56.6 Å². The molecule has 2 N–H and O–H groups in total. The van der Waals surface area contributed by atoms with Crippen LogP contribution in [-0.4, -0.2) is 88.2 Å². The molecule has 36 heavy (non-hydrogen) atoms. The number of nitrogens with zero attached hydrogens (tertiary/aromatic N) is 3. The predicted octanol–water partition coefficient (Wildman–Crippen LogP) is 3.08. The first kappa shape index (κ1) is 24.7. The van der Waals surface area contributed by atoms with Gasteiger partial charge in [0, 0.05) is 36.6 Å². The number of pyridine rings is 1. The number of benzene rings is 1. The molecule has 0 bridgehead atoms. The van der Waals surface area contributed by atoms with Gasteiger partial charge in [-0.2, -0.15) is 0 Å². The minimum atomic E-state index is -0.584. The van der Waals surface area contributed by atoms with E-state index in [9.17, 15) is 9.59 Å². The number of aryl methyl sites for hydroxylation is 1. The second-order valence-corrected chi connectivity index (χ2v) is 10.8. The number of ether oxygens (including phenoxy) is 2. The van der Waals surface area contributed by atoms with E-state index in [0.717, 1.165) is 27.4 Å². The summed E-state index contributed by atoms with van der Waals surface area (Å²) in [6.07, 6.45) is 3.54. The second-order valence-electron chi connectivity index (χ2n) is 10.8. The number of anilines is 1. The molecular weight excluding hydrogens is 458 g/mol. The lowest BCUT2D eigenvalue weighted by molar-refractivity contribution is -0.156. The quantitative estimate of drug-likeness (QED) is 0.580. The Hall–Kier alpha value is -3.01. The van der Waals surface area contributed by atoms with Crippen LogP contribution in [0.2, 0.25) is 0 Å². The van der Waals surface area contributed by atoms with Gasteiger partial charge in [0.1, 0.15) is 6.04 Å². The summed E-state index contributed by atoms with van der Waals surface area (Å²) in [7, 11) is 0. The molecule has 2 saturated heterocycles. The van der Waals surface area contributed by atoms with Gasteiger partial charge < -0.3 is 24.7 Å². The first-order chi connectivity index (χ1) is 17.1. The second kappa shape index (κ2) is 9.46. The van der Waals surface area contributed by atoms with Crippen LogP contribution >= 0.6 is 0 Å². The van der Waals surface area contributed by atoms with Crippen LogP contribution in [0.15, 0.2) is 30.6 Å². The third kappa shape index (κ3) is 4.96. The van der Waals surface area contributed by atoms with Gasteiger partial charge >= 0.3 is 0 Å². The fourth-order valence-corrected chi connectivity index (χ4v) is 5.43. The molecule has 2 amide bonds. The first-order valence-electron chi connectivity index (χ1n) is 12.6. The first-order valence-corrected chi connectivity index (χ1v) is 12.6. The number of carbonyl (C=O) groups excluding carboxylic acids is 2. The fraction of sp³-hybridized carbons (Fsp3) is 0.519. The summed E-state index contributed by atoms with van der Waals surface area (Å²) in [5.41, 5.74) is 3.06. The zero-order valence-electron chi connectivity index (χ0n) is 21.6. The molecule has 0 saturated carbocycles. The molecular formula is C27H35N5O4. The van der Waals surface area contributed by atoms with Crippen molar-refractivity contribution in [2.45, 2.75) is 58.5 Å². The van der Waals surface area contributed by atoms with Crippen molar-refractivity contribution < 1.29 is 19.1 Å². The lowest BCUT2D eigenvalue weighted by Gasteiger charge is -2.43. The Morgan fingerprint density at radius 3 is 2.69 bits per heavy atom. The average Bonchev–Trinajstić information content (AvgIpc) is 3.16. The maximum Gasteiger partial charge on any atom is 0.244 e. The van der Waals surface area contributed by atoms with Gasteiger partial charge in [-0.1, -0.05) is 0 Å². The number of aromatic amines is 1. The van der Waals surface area contributed by atoms with Gasteiger partial charge in [0.25, 0.3) is 0 Å². The number of H-pyrrole nitrogens is 1. The highest BCUT2D eigenvalue weighted by molar-refractivity contribution is 6.13. The molecule has 1 aromatic carbocycles. The van der Waals surface area contributed by atoms with Gasteiger partial charge in [-0.25, -0.2) is 0 Å². The van der Waals surface area contributed by atoms with Gasteiger partial charge in [0.05, 0.1) is 53.9 Å². The highest BCUT2D eigenvalue weighted by Crippen LogP contribution is 2.32. The van der Waals surface area contributed by atoms with Crippen LogP contribution in [0.5, 0.6) is 0 Å². The number of hydrogen-bond acceptors (Lipinski definition) is 6. The van der Waals surface area contributed by atoms with Crippen molar-refractivity contribution in [3.63, 3.8) is 0 Å². The Bertz CT molecular complexity index is 1290. The number of rotatable bonds is 4. The standard InChI is InChI=1S/C27H35N5O4/c1-16-8-20-19-6-7-28-10-22(19)29-25(20)21(9-16)30-26(34)23-14-35-27(4,5)15-32(23)13-24(33)31-11-17(2)36-18(3)12-31/h6-10,17-18,23,29H,11-15H2,1-5H3,(H,30,34)/t17-,18+,23?. The van der Waals surface area contributed by atoms with Gasteiger partial charge in [-0.3, -0.25) is 19.5 Å². The molecule has 0 radical (unpaired) electrons. The molecule has 1 unspecified atom stereocenters. The molecule has 4 heterocycles. The van der Waals surface area contributed by atoms with Crippen LogP contribution in [-0.2, 0) is 19.1 Å². The third-order valence-corrected chi connectivity index (χ3v) is 6.98. The summed E-state index contributed by atoms with van der Waals surface area (Å²) in [4.78, 5) is 38.3. The van der Waals surface area contributed by atoms with E-state index in [2.05, 4.69) is 21.4 Å². The largest absolute Gasteiger partial charge is 0.372 e. The molecule has 0 aliphatic carbocycles. The predicted molar refractivity (Wildman–Crippen MR) is 139 cm³/mol. The Labute approximate surface area is 211 Å². The summed E-state index contributed by atoms with van der Waals surface area (Å²) < 4.78 is 11.8. The van der Waals surface area contributed by atoms with E-state index >= 15 is 0 Å². The molecule has 3 aromatic rings. The van der Waals surface area contributed by atoms with E-state index in [0.29, 0.717) is 25.3 Å². The highest BCUT2D eigenvalue weighted by atomic mass is 16.5. The monoisotopic (exact) mass is 493 g/mol. The van der Waals surface area contributed by atoms with Crippen molar-refractivity contribution >= 4 is 39.3 Å². The van der Waals surface area contributed by atoms with Gasteiger partial charge in [0.2, 0.25) is 11.8 Å². The van der Waals surface area contributed by atoms with Crippen LogP contribution in [0.3, 0.4) is 0 Å². The molecule has 5 rings (SSSR count). The molecule has 2 fully saturated rings. The van der Waals surface area contributed by atoms with Crippen molar-refractivity contribution in [3.05, 3.63) is 36.2 Å². The highest BCUT2D eigenvalue weighted by Gasteiger charge is 2.39. The smallest absolute Gasteiger partial charge is 0.244 e. The van der Waals surface area contributed by atoms with E-state index < -0.39 is 11.6 Å². The molecule has 9 nitrogen and oxygen atoms in total. The Morgan fingerprint density at radius 2 is 1.94 bits per heavy atom. The molecule has 2 aliphatic rings. The lowest BCUT2D eigenvalue weighted by Crippen LogP contribution is -2.61. The van der Waals surface area contributed by atoms with Crippen LogP contribution < -0.4 is 5.32 Å². The van der Waals surface area contributed by atoms with Crippen LogP contribution in [0, 0.1) is 6.92 Å². The van der Waals surface area contributed by atoms with E-state index in [4.69, 9.17) is 9.47 Å². The number of carbonyl (C=O) groups is 2. The summed E-state index contributed by atoms with van der Waals surface area (Å²) >= 11 is 0. The van der Waals surface area contributed by atoms with Crippen LogP contribution in [0.1, 0.15) is 33.3 Å². The summed E-state index contributed by atoms with van der Waals surface area (Å²) in [5, 5.41) is 5.22. The summed E-state index contributed by atoms with van der Waals surface area (Å²) in [6.45, 7) is 11.9. The van der Waals surface area contributed by atoms with Gasteiger partial charge in [0.15, 0.2) is 0 Å². The maximum absolute atomic E-state index is 13.6. The summed E-state index contributed by atoms with van der Waals surface area (Å²) in [6, 6.07) is 5.45.